The first-order valence-corrected chi connectivity index (χ1v) is 16.9. The summed E-state index contributed by atoms with van der Waals surface area (Å²) in [5, 5.41) is 0. The molecule has 5 fully saturated rings. The highest BCUT2D eigenvalue weighted by atomic mass is 31.2. The lowest BCUT2D eigenvalue weighted by molar-refractivity contribution is -0.220. The topological polar surface area (TPSA) is 81.7 Å². The van der Waals surface area contributed by atoms with Crippen LogP contribution in [0.4, 0.5) is 0 Å². The first-order valence-electron chi connectivity index (χ1n) is 15.4. The summed E-state index contributed by atoms with van der Waals surface area (Å²) in [6, 6.07) is 19.3. The average Bonchev–Trinajstić information content (AvgIpc) is 3.55. The minimum Gasteiger partial charge on any atom is -0.344 e. The molecule has 5 atom stereocenters. The molecular weight excluding hydrogens is 543 g/mol. The quantitative estimate of drug-likeness (QED) is 0.301. The molecule has 8 nitrogen and oxygen atoms in total. The van der Waals surface area contributed by atoms with Gasteiger partial charge in [-0.25, -0.2) is 4.57 Å². The molecule has 2 spiro atoms. The first-order chi connectivity index (χ1) is 20.0. The lowest BCUT2D eigenvalue weighted by Gasteiger charge is -2.37. The van der Waals surface area contributed by atoms with Crippen molar-refractivity contribution in [2.24, 2.45) is 0 Å². The number of phosphoric acid groups is 1. The molecule has 0 unspecified atom stereocenters. The number of phosphoric ester groups is 1. The van der Waals surface area contributed by atoms with Crippen LogP contribution in [0, 0.1) is 0 Å². The van der Waals surface area contributed by atoms with E-state index < -0.39 is 31.6 Å². The SMILES string of the molecule is O=P(OCc1ccccc1)(OCc1ccccc1)O[C@H]1C[C@H]2OC3(CCCCC3)O[C@@H]2[C@H]2OC3(CCCCC3)O[C@H]21. The molecule has 2 heterocycles. The van der Waals surface area contributed by atoms with Gasteiger partial charge in [-0.3, -0.25) is 13.6 Å². The Morgan fingerprint density at radius 3 is 1.68 bits per heavy atom. The van der Waals surface area contributed by atoms with Crippen molar-refractivity contribution in [2.45, 2.75) is 126 Å². The Morgan fingerprint density at radius 1 is 0.634 bits per heavy atom. The van der Waals surface area contributed by atoms with Gasteiger partial charge in [-0.2, -0.15) is 0 Å². The lowest BCUT2D eigenvalue weighted by atomic mass is 9.87. The number of benzene rings is 2. The summed E-state index contributed by atoms with van der Waals surface area (Å²) in [6.45, 7) is 0.202. The van der Waals surface area contributed by atoms with Crippen LogP contribution < -0.4 is 0 Å². The fourth-order valence-electron chi connectivity index (χ4n) is 7.19. The van der Waals surface area contributed by atoms with Crippen molar-refractivity contribution in [3.63, 3.8) is 0 Å². The van der Waals surface area contributed by atoms with E-state index in [0.29, 0.717) is 6.42 Å². The van der Waals surface area contributed by atoms with Crippen molar-refractivity contribution in [3.05, 3.63) is 71.8 Å². The number of hydrogen-bond donors (Lipinski definition) is 0. The molecule has 0 bridgehead atoms. The fraction of sp³-hybridized carbons (Fsp3) is 0.625. The van der Waals surface area contributed by atoms with Gasteiger partial charge in [-0.1, -0.05) is 73.5 Å². The number of rotatable bonds is 8. The molecule has 3 saturated carbocycles. The van der Waals surface area contributed by atoms with Crippen LogP contribution >= 0.6 is 7.82 Å². The van der Waals surface area contributed by atoms with Crippen LogP contribution in [0.2, 0.25) is 0 Å². The zero-order valence-corrected chi connectivity index (χ0v) is 24.5. The van der Waals surface area contributed by atoms with Crippen molar-refractivity contribution in [1.29, 1.82) is 0 Å². The monoisotopic (exact) mass is 584 g/mol. The Balaban J connectivity index is 1.15. The van der Waals surface area contributed by atoms with E-state index in [1.165, 1.54) is 12.8 Å². The van der Waals surface area contributed by atoms with Gasteiger partial charge in [0.25, 0.3) is 0 Å². The molecular formula is C32H41O8P. The molecule has 0 aromatic heterocycles. The normalized spacial score (nSPS) is 32.1. The molecule has 41 heavy (non-hydrogen) atoms. The van der Waals surface area contributed by atoms with Gasteiger partial charge in [0.2, 0.25) is 0 Å². The maximum Gasteiger partial charge on any atom is 0.475 e. The standard InChI is InChI=1S/C32H41O8P/c33-41(34-22-24-13-5-1-6-14-24,35-23-25-15-7-2-8-16-25)40-27-21-26-28(37-31(36-26)17-9-3-10-18-31)30-29(27)38-32(39-30)19-11-4-12-20-32/h1-2,5-8,13-16,26-30H,3-4,9-12,17-23H2/t26-,27+,28+,29+,30-/m1/s1. The molecule has 0 amide bonds. The molecule has 2 aromatic carbocycles. The van der Waals surface area contributed by atoms with E-state index >= 15 is 0 Å². The molecule has 3 aliphatic carbocycles. The number of ether oxygens (including phenoxy) is 4. The summed E-state index contributed by atoms with van der Waals surface area (Å²) < 4.78 is 59.6. The minimum absolute atomic E-state index is 0.101. The molecule has 0 radical (unpaired) electrons. The van der Waals surface area contributed by atoms with Crippen LogP contribution in [0.15, 0.2) is 60.7 Å². The van der Waals surface area contributed by atoms with Gasteiger partial charge in [0.05, 0.1) is 19.3 Å². The smallest absolute Gasteiger partial charge is 0.344 e. The molecule has 5 aliphatic rings. The van der Waals surface area contributed by atoms with Crippen molar-refractivity contribution >= 4 is 7.82 Å². The third kappa shape index (κ3) is 6.09. The van der Waals surface area contributed by atoms with Gasteiger partial charge in [0.1, 0.15) is 24.4 Å². The summed E-state index contributed by atoms with van der Waals surface area (Å²) >= 11 is 0. The Bertz CT molecular complexity index is 1150. The largest absolute Gasteiger partial charge is 0.475 e. The van der Waals surface area contributed by atoms with Crippen molar-refractivity contribution in [3.8, 4) is 0 Å². The number of fused-ring (bicyclic) bond motifs is 3. The van der Waals surface area contributed by atoms with Gasteiger partial charge >= 0.3 is 7.82 Å². The maximum atomic E-state index is 14.3. The Labute approximate surface area is 242 Å². The van der Waals surface area contributed by atoms with Crippen LogP contribution in [0.1, 0.15) is 81.8 Å². The van der Waals surface area contributed by atoms with Crippen LogP contribution in [-0.2, 0) is 50.3 Å². The highest BCUT2D eigenvalue weighted by molar-refractivity contribution is 7.48. The third-order valence-corrected chi connectivity index (χ3v) is 10.6. The molecule has 222 valence electrons. The van der Waals surface area contributed by atoms with Crippen LogP contribution in [0.25, 0.3) is 0 Å². The second-order valence-corrected chi connectivity index (χ2v) is 13.8. The van der Waals surface area contributed by atoms with Crippen molar-refractivity contribution < 1.29 is 37.1 Å². The van der Waals surface area contributed by atoms with Gasteiger partial charge in [-0.15, -0.1) is 0 Å². The van der Waals surface area contributed by atoms with E-state index in [2.05, 4.69) is 0 Å². The zero-order chi connectivity index (χ0) is 27.8. The van der Waals surface area contributed by atoms with Crippen molar-refractivity contribution in [1.82, 2.24) is 0 Å². The maximum absolute atomic E-state index is 14.3. The highest BCUT2D eigenvalue weighted by Crippen LogP contribution is 2.57. The van der Waals surface area contributed by atoms with E-state index in [1.807, 2.05) is 60.7 Å². The molecule has 2 saturated heterocycles. The molecule has 0 N–H and O–H groups in total. The van der Waals surface area contributed by atoms with Gasteiger partial charge < -0.3 is 18.9 Å². The zero-order valence-electron chi connectivity index (χ0n) is 23.6. The summed E-state index contributed by atoms with van der Waals surface area (Å²) in [5.74, 6) is -1.23. The summed E-state index contributed by atoms with van der Waals surface area (Å²) in [5.41, 5.74) is 1.77. The predicted octanol–water partition coefficient (Wildman–Crippen LogP) is 7.21. The van der Waals surface area contributed by atoms with Crippen molar-refractivity contribution in [2.75, 3.05) is 0 Å². The Kier molecular flexibility index (Phi) is 8.12. The summed E-state index contributed by atoms with van der Waals surface area (Å²) in [6.07, 6.45) is 8.68. The van der Waals surface area contributed by atoms with Crippen LogP contribution in [0.3, 0.4) is 0 Å². The first kappa shape index (κ1) is 28.2. The van der Waals surface area contributed by atoms with E-state index in [1.54, 1.807) is 0 Å². The average molecular weight is 585 g/mol. The van der Waals surface area contributed by atoms with Gasteiger partial charge in [0.15, 0.2) is 11.6 Å². The lowest BCUT2D eigenvalue weighted by Crippen LogP contribution is -2.53. The molecule has 2 aromatic rings. The van der Waals surface area contributed by atoms with Gasteiger partial charge in [0, 0.05) is 32.1 Å². The second-order valence-electron chi connectivity index (χ2n) is 12.2. The molecule has 2 aliphatic heterocycles. The number of hydrogen-bond acceptors (Lipinski definition) is 8. The molecule has 9 heteroatoms. The second kappa shape index (κ2) is 11.8. The van der Waals surface area contributed by atoms with E-state index in [-0.39, 0.29) is 31.5 Å². The van der Waals surface area contributed by atoms with E-state index in [0.717, 1.165) is 62.5 Å². The predicted molar refractivity (Wildman–Crippen MR) is 151 cm³/mol. The fourth-order valence-corrected chi connectivity index (χ4v) is 8.54. The third-order valence-electron chi connectivity index (χ3n) is 9.22. The van der Waals surface area contributed by atoms with Crippen LogP contribution in [0.5, 0.6) is 0 Å². The van der Waals surface area contributed by atoms with E-state index in [9.17, 15) is 4.57 Å². The minimum atomic E-state index is -4.03. The van der Waals surface area contributed by atoms with Crippen LogP contribution in [-0.4, -0.2) is 42.1 Å². The summed E-state index contributed by atoms with van der Waals surface area (Å²) in [4.78, 5) is 0. The molecule has 7 rings (SSSR count). The highest BCUT2D eigenvalue weighted by Gasteiger charge is 2.64. The van der Waals surface area contributed by atoms with E-state index in [4.69, 9.17) is 32.5 Å². The Hall–Kier alpha value is -1.61. The Morgan fingerprint density at radius 2 is 1.12 bits per heavy atom. The summed E-state index contributed by atoms with van der Waals surface area (Å²) in [7, 11) is -4.03. The van der Waals surface area contributed by atoms with Gasteiger partial charge in [-0.05, 0) is 36.8 Å².